The first kappa shape index (κ1) is 13.6. The zero-order valence-corrected chi connectivity index (χ0v) is 11.3. The molecule has 1 atom stereocenters. The van der Waals surface area contributed by atoms with Gasteiger partial charge in [0.25, 0.3) is 0 Å². The van der Waals surface area contributed by atoms with Crippen molar-refractivity contribution in [1.82, 2.24) is 4.98 Å². The molecule has 19 heavy (non-hydrogen) atoms. The van der Waals surface area contributed by atoms with Crippen molar-refractivity contribution >= 4 is 17.3 Å². The maximum absolute atomic E-state index is 10.3. The summed E-state index contributed by atoms with van der Waals surface area (Å²) in [5, 5.41) is 10.8. The number of hydrogen-bond donors (Lipinski definition) is 2. The van der Waals surface area contributed by atoms with Gasteiger partial charge in [0, 0.05) is 24.4 Å². The van der Waals surface area contributed by atoms with Crippen LogP contribution in [0.5, 0.6) is 5.75 Å². The van der Waals surface area contributed by atoms with Gasteiger partial charge in [-0.25, -0.2) is 0 Å². The van der Waals surface area contributed by atoms with E-state index < -0.39 is 6.10 Å². The fraction of sp³-hybridized carbons (Fsp3) is 0.214. The number of nitrogens with two attached hydrogens (primary N) is 1. The van der Waals surface area contributed by atoms with Gasteiger partial charge in [-0.3, -0.25) is 4.98 Å². The molecule has 2 aromatic rings. The van der Waals surface area contributed by atoms with Crippen LogP contribution < -0.4 is 10.5 Å². The second-order valence-corrected chi connectivity index (χ2v) is 4.56. The van der Waals surface area contributed by atoms with E-state index in [2.05, 4.69) is 4.98 Å². The molecule has 0 radical (unpaired) electrons. The van der Waals surface area contributed by atoms with E-state index >= 15 is 0 Å². The lowest BCUT2D eigenvalue weighted by atomic mass is 10.0. The summed E-state index contributed by atoms with van der Waals surface area (Å²) < 4.78 is 5.14. The van der Waals surface area contributed by atoms with E-state index in [1.807, 2.05) is 0 Å². The Labute approximate surface area is 116 Å². The van der Waals surface area contributed by atoms with Crippen molar-refractivity contribution in [3.63, 3.8) is 0 Å². The molecule has 1 aromatic heterocycles. The highest BCUT2D eigenvalue weighted by Gasteiger charge is 2.15. The average Bonchev–Trinajstić information content (AvgIpc) is 2.41. The van der Waals surface area contributed by atoms with Crippen molar-refractivity contribution < 1.29 is 9.84 Å². The molecule has 0 aliphatic heterocycles. The predicted molar refractivity (Wildman–Crippen MR) is 75.3 cm³/mol. The number of methoxy groups -OCH3 is 1. The number of para-hydroxylation sites is 1. The van der Waals surface area contributed by atoms with E-state index in [4.69, 9.17) is 22.1 Å². The Morgan fingerprint density at radius 1 is 1.42 bits per heavy atom. The van der Waals surface area contributed by atoms with Crippen molar-refractivity contribution in [1.29, 1.82) is 0 Å². The Balaban J connectivity index is 2.26. The van der Waals surface area contributed by atoms with Crippen LogP contribution in [0.4, 0.5) is 5.69 Å². The molecule has 0 saturated carbocycles. The monoisotopic (exact) mass is 278 g/mol. The second kappa shape index (κ2) is 5.91. The van der Waals surface area contributed by atoms with Crippen molar-refractivity contribution in [2.45, 2.75) is 12.5 Å². The number of benzene rings is 1. The highest BCUT2D eigenvalue weighted by molar-refractivity contribution is 6.31. The van der Waals surface area contributed by atoms with E-state index in [1.54, 1.807) is 43.8 Å². The van der Waals surface area contributed by atoms with Crippen molar-refractivity contribution in [3.05, 3.63) is 52.8 Å². The van der Waals surface area contributed by atoms with Crippen LogP contribution in [0.2, 0.25) is 5.02 Å². The molecule has 3 N–H and O–H groups in total. The minimum absolute atomic E-state index is 0.374. The van der Waals surface area contributed by atoms with Crippen LogP contribution in [-0.2, 0) is 6.42 Å². The van der Waals surface area contributed by atoms with Gasteiger partial charge >= 0.3 is 0 Å². The van der Waals surface area contributed by atoms with Gasteiger partial charge in [0.2, 0.25) is 0 Å². The van der Waals surface area contributed by atoms with Gasteiger partial charge < -0.3 is 15.6 Å². The second-order valence-electron chi connectivity index (χ2n) is 4.15. The lowest BCUT2D eigenvalue weighted by molar-refractivity contribution is 0.179. The molecular weight excluding hydrogens is 264 g/mol. The first-order valence-electron chi connectivity index (χ1n) is 5.82. The molecule has 4 nitrogen and oxygen atoms in total. The predicted octanol–water partition coefficient (Wildman–Crippen LogP) is 2.60. The average molecular weight is 279 g/mol. The van der Waals surface area contributed by atoms with Gasteiger partial charge in [0.15, 0.2) is 0 Å². The standard InChI is InChI=1S/C14H15ClN2O2/c1-19-13-4-2-3-10(14(13)16)12(18)7-9-5-6-17-8-11(9)15/h2-6,8,12,18H,7,16H2,1H3. The molecule has 1 unspecified atom stereocenters. The summed E-state index contributed by atoms with van der Waals surface area (Å²) in [5.41, 5.74) is 7.86. The maximum atomic E-state index is 10.3. The van der Waals surface area contributed by atoms with Crippen molar-refractivity contribution in [2.75, 3.05) is 12.8 Å². The number of aliphatic hydroxyl groups excluding tert-OH is 1. The first-order valence-corrected chi connectivity index (χ1v) is 6.20. The summed E-state index contributed by atoms with van der Waals surface area (Å²) in [7, 11) is 1.54. The van der Waals surface area contributed by atoms with Crippen LogP contribution in [0.15, 0.2) is 36.7 Å². The Morgan fingerprint density at radius 3 is 2.89 bits per heavy atom. The van der Waals surface area contributed by atoms with Crippen LogP contribution in [-0.4, -0.2) is 17.2 Å². The third kappa shape index (κ3) is 2.97. The lowest BCUT2D eigenvalue weighted by Gasteiger charge is -2.16. The number of hydrogen-bond acceptors (Lipinski definition) is 4. The summed E-state index contributed by atoms with van der Waals surface area (Å²) in [6, 6.07) is 7.10. The van der Waals surface area contributed by atoms with Gasteiger partial charge in [-0.2, -0.15) is 0 Å². The Kier molecular flexibility index (Phi) is 4.24. The molecule has 0 amide bonds. The Hall–Kier alpha value is -1.78. The molecule has 0 spiro atoms. The van der Waals surface area contributed by atoms with Crippen molar-refractivity contribution in [2.24, 2.45) is 0 Å². The quantitative estimate of drug-likeness (QED) is 0.844. The zero-order valence-electron chi connectivity index (χ0n) is 10.5. The maximum Gasteiger partial charge on any atom is 0.142 e. The number of aromatic nitrogens is 1. The van der Waals surface area contributed by atoms with Gasteiger partial charge in [-0.05, 0) is 17.7 Å². The van der Waals surface area contributed by atoms with Crippen LogP contribution in [0.1, 0.15) is 17.2 Å². The Morgan fingerprint density at radius 2 is 2.21 bits per heavy atom. The van der Waals surface area contributed by atoms with Gasteiger partial charge in [0.1, 0.15) is 5.75 Å². The number of anilines is 1. The number of rotatable bonds is 4. The highest BCUT2D eigenvalue weighted by atomic mass is 35.5. The third-order valence-corrected chi connectivity index (χ3v) is 3.29. The van der Waals surface area contributed by atoms with Gasteiger partial charge in [0.05, 0.1) is 23.9 Å². The zero-order chi connectivity index (χ0) is 13.8. The number of halogens is 1. The van der Waals surface area contributed by atoms with E-state index in [0.717, 1.165) is 5.56 Å². The van der Waals surface area contributed by atoms with Gasteiger partial charge in [-0.15, -0.1) is 0 Å². The molecule has 100 valence electrons. The lowest BCUT2D eigenvalue weighted by Crippen LogP contribution is -2.07. The van der Waals surface area contributed by atoms with E-state index in [9.17, 15) is 5.11 Å². The first-order chi connectivity index (χ1) is 9.13. The smallest absolute Gasteiger partial charge is 0.142 e. The molecule has 0 aliphatic carbocycles. The van der Waals surface area contributed by atoms with E-state index in [1.165, 1.54) is 0 Å². The fourth-order valence-corrected chi connectivity index (χ4v) is 2.11. The van der Waals surface area contributed by atoms with Crippen LogP contribution in [0, 0.1) is 0 Å². The van der Waals surface area contributed by atoms with Crippen LogP contribution in [0.25, 0.3) is 0 Å². The molecule has 5 heteroatoms. The molecule has 1 heterocycles. The van der Waals surface area contributed by atoms with Crippen LogP contribution >= 0.6 is 11.6 Å². The molecule has 1 aromatic carbocycles. The molecule has 2 rings (SSSR count). The summed E-state index contributed by atoms with van der Waals surface area (Å²) >= 11 is 6.02. The molecule has 0 aliphatic rings. The summed E-state index contributed by atoms with van der Waals surface area (Å²) in [4.78, 5) is 3.91. The summed E-state index contributed by atoms with van der Waals surface area (Å²) in [6.45, 7) is 0. The largest absolute Gasteiger partial charge is 0.495 e. The normalized spacial score (nSPS) is 12.2. The highest BCUT2D eigenvalue weighted by Crippen LogP contribution is 2.31. The minimum atomic E-state index is -0.741. The fourth-order valence-electron chi connectivity index (χ4n) is 1.92. The number of nitrogen functional groups attached to an aromatic ring is 1. The van der Waals surface area contributed by atoms with E-state index in [0.29, 0.717) is 28.4 Å². The Bertz CT molecular complexity index is 575. The molecule has 0 saturated heterocycles. The third-order valence-electron chi connectivity index (χ3n) is 2.95. The molecular formula is C14H15ClN2O2. The van der Waals surface area contributed by atoms with Gasteiger partial charge in [-0.1, -0.05) is 23.7 Å². The number of pyridine rings is 1. The topological polar surface area (TPSA) is 68.4 Å². The summed E-state index contributed by atoms with van der Waals surface area (Å²) in [5.74, 6) is 0.553. The molecule has 0 bridgehead atoms. The number of ether oxygens (including phenoxy) is 1. The minimum Gasteiger partial charge on any atom is -0.495 e. The summed E-state index contributed by atoms with van der Waals surface area (Å²) in [6.07, 6.45) is 2.83. The van der Waals surface area contributed by atoms with E-state index in [-0.39, 0.29) is 0 Å². The van der Waals surface area contributed by atoms with Crippen LogP contribution in [0.3, 0.4) is 0 Å². The molecule has 0 fully saturated rings. The number of aliphatic hydroxyl groups is 1. The number of nitrogens with zero attached hydrogens (tertiary/aromatic N) is 1. The van der Waals surface area contributed by atoms with Crippen molar-refractivity contribution in [3.8, 4) is 5.75 Å². The SMILES string of the molecule is COc1cccc(C(O)Cc2ccncc2Cl)c1N.